The smallest absolute Gasteiger partial charge is 0.153 e. The Labute approximate surface area is 83.5 Å². The fraction of sp³-hybridized carbons (Fsp3) is 0.364. The second-order valence-electron chi connectivity index (χ2n) is 3.94. The van der Waals surface area contributed by atoms with Crippen LogP contribution in [0.3, 0.4) is 0 Å². The van der Waals surface area contributed by atoms with Gasteiger partial charge in [0.05, 0.1) is 5.52 Å². The average molecular weight is 189 g/mol. The van der Waals surface area contributed by atoms with Crippen LogP contribution in [0.2, 0.25) is 0 Å². The Morgan fingerprint density at radius 2 is 2.07 bits per heavy atom. The average Bonchev–Trinajstić information content (AvgIpc) is 2.42. The van der Waals surface area contributed by atoms with E-state index in [1.54, 1.807) is 0 Å². The molecular formula is C11H15N3. The molecule has 0 saturated carbocycles. The number of aryl methyl sites for hydroxylation is 1. The molecule has 0 aliphatic heterocycles. The zero-order chi connectivity index (χ0) is 10.3. The van der Waals surface area contributed by atoms with E-state index in [4.69, 9.17) is 5.73 Å². The highest BCUT2D eigenvalue weighted by molar-refractivity contribution is 5.89. The lowest BCUT2D eigenvalue weighted by Gasteiger charge is -2.04. The van der Waals surface area contributed by atoms with E-state index < -0.39 is 0 Å². The monoisotopic (exact) mass is 189 g/mol. The molecular weight excluding hydrogens is 174 g/mol. The minimum atomic E-state index is 0.527. The predicted octanol–water partition coefficient (Wildman–Crippen LogP) is 2.28. The van der Waals surface area contributed by atoms with Crippen LogP contribution in [0.15, 0.2) is 18.2 Å². The minimum absolute atomic E-state index is 0.527. The molecule has 0 spiro atoms. The summed E-state index contributed by atoms with van der Waals surface area (Å²) in [6, 6.07) is 6.34. The highest BCUT2D eigenvalue weighted by atomic mass is 15.3. The third kappa shape index (κ3) is 1.25. The third-order valence-corrected chi connectivity index (χ3v) is 2.57. The quantitative estimate of drug-likeness (QED) is 0.748. The van der Waals surface area contributed by atoms with Crippen molar-refractivity contribution >= 4 is 16.7 Å². The molecule has 0 radical (unpaired) electrons. The SMILES string of the molecule is CC(C)c1ccc2c(c1)c(N)nn2C. The summed E-state index contributed by atoms with van der Waals surface area (Å²) in [7, 11) is 1.91. The van der Waals surface area contributed by atoms with Crippen LogP contribution < -0.4 is 5.73 Å². The minimum Gasteiger partial charge on any atom is -0.382 e. The van der Waals surface area contributed by atoms with Crippen LogP contribution in [0.5, 0.6) is 0 Å². The molecule has 2 N–H and O–H groups in total. The molecule has 2 rings (SSSR count). The van der Waals surface area contributed by atoms with Crippen LogP contribution in [-0.2, 0) is 7.05 Å². The van der Waals surface area contributed by atoms with Gasteiger partial charge in [0.15, 0.2) is 5.82 Å². The summed E-state index contributed by atoms with van der Waals surface area (Å²) in [5, 5.41) is 5.24. The van der Waals surface area contributed by atoms with E-state index in [0.29, 0.717) is 11.7 Å². The van der Waals surface area contributed by atoms with Gasteiger partial charge in [-0.1, -0.05) is 19.9 Å². The molecule has 0 unspecified atom stereocenters. The van der Waals surface area contributed by atoms with Crippen molar-refractivity contribution in [1.82, 2.24) is 9.78 Å². The van der Waals surface area contributed by atoms with E-state index in [1.165, 1.54) is 5.56 Å². The number of hydrogen-bond acceptors (Lipinski definition) is 2. The number of anilines is 1. The summed E-state index contributed by atoms with van der Waals surface area (Å²) in [4.78, 5) is 0. The van der Waals surface area contributed by atoms with Crippen molar-refractivity contribution in [1.29, 1.82) is 0 Å². The Kier molecular flexibility index (Phi) is 1.95. The van der Waals surface area contributed by atoms with E-state index >= 15 is 0 Å². The molecule has 3 nitrogen and oxygen atoms in total. The zero-order valence-corrected chi connectivity index (χ0v) is 8.78. The number of hydrogen-bond donors (Lipinski definition) is 1. The molecule has 0 amide bonds. The van der Waals surface area contributed by atoms with Gasteiger partial charge in [0.25, 0.3) is 0 Å². The fourth-order valence-electron chi connectivity index (χ4n) is 1.67. The zero-order valence-electron chi connectivity index (χ0n) is 8.78. The van der Waals surface area contributed by atoms with E-state index in [1.807, 2.05) is 11.7 Å². The van der Waals surface area contributed by atoms with Crippen molar-refractivity contribution in [3.05, 3.63) is 23.8 Å². The number of fused-ring (bicyclic) bond motifs is 1. The first-order valence-corrected chi connectivity index (χ1v) is 4.81. The van der Waals surface area contributed by atoms with Gasteiger partial charge in [-0.25, -0.2) is 0 Å². The Morgan fingerprint density at radius 3 is 2.71 bits per heavy atom. The van der Waals surface area contributed by atoms with E-state index in [-0.39, 0.29) is 0 Å². The standard InChI is InChI=1S/C11H15N3/c1-7(2)8-4-5-10-9(6-8)11(12)13-14(10)3/h4-7H,1-3H3,(H2,12,13). The molecule has 1 aromatic carbocycles. The topological polar surface area (TPSA) is 43.8 Å². The normalized spacial score (nSPS) is 11.4. The molecule has 0 aliphatic carbocycles. The molecule has 1 aromatic heterocycles. The Morgan fingerprint density at radius 1 is 1.36 bits per heavy atom. The van der Waals surface area contributed by atoms with Crippen LogP contribution in [0.4, 0.5) is 5.82 Å². The number of aromatic nitrogens is 2. The molecule has 1 heterocycles. The Bertz CT molecular complexity index is 469. The van der Waals surface area contributed by atoms with E-state index in [2.05, 4.69) is 37.1 Å². The summed E-state index contributed by atoms with van der Waals surface area (Å²) in [5.41, 5.74) is 8.21. The second kappa shape index (κ2) is 3.01. The van der Waals surface area contributed by atoms with Gasteiger partial charge in [-0.05, 0) is 23.6 Å². The number of nitrogen functional groups attached to an aromatic ring is 1. The first-order valence-electron chi connectivity index (χ1n) is 4.81. The number of rotatable bonds is 1. The first-order chi connectivity index (χ1) is 6.59. The van der Waals surface area contributed by atoms with Crippen LogP contribution >= 0.6 is 0 Å². The molecule has 74 valence electrons. The van der Waals surface area contributed by atoms with Crippen molar-refractivity contribution in [2.45, 2.75) is 19.8 Å². The summed E-state index contributed by atoms with van der Waals surface area (Å²) in [6.45, 7) is 4.35. The van der Waals surface area contributed by atoms with Crippen LogP contribution in [0, 0.1) is 0 Å². The molecule has 0 saturated heterocycles. The van der Waals surface area contributed by atoms with Gasteiger partial charge in [0.1, 0.15) is 0 Å². The maximum absolute atomic E-state index is 5.81. The highest BCUT2D eigenvalue weighted by Gasteiger charge is 2.07. The number of nitrogens with zero attached hydrogens (tertiary/aromatic N) is 2. The van der Waals surface area contributed by atoms with E-state index in [0.717, 1.165) is 10.9 Å². The Balaban J connectivity index is 2.71. The molecule has 0 bridgehead atoms. The van der Waals surface area contributed by atoms with E-state index in [9.17, 15) is 0 Å². The molecule has 3 heteroatoms. The summed E-state index contributed by atoms with van der Waals surface area (Å²) < 4.78 is 1.81. The second-order valence-corrected chi connectivity index (χ2v) is 3.94. The summed E-state index contributed by atoms with van der Waals surface area (Å²) in [5.74, 6) is 1.14. The molecule has 0 aliphatic rings. The first kappa shape index (κ1) is 9.06. The number of benzene rings is 1. The highest BCUT2D eigenvalue weighted by Crippen LogP contribution is 2.24. The van der Waals surface area contributed by atoms with Crippen molar-refractivity contribution in [3.8, 4) is 0 Å². The van der Waals surface area contributed by atoms with Crippen LogP contribution in [0.25, 0.3) is 10.9 Å². The van der Waals surface area contributed by atoms with Gasteiger partial charge in [0.2, 0.25) is 0 Å². The summed E-state index contributed by atoms with van der Waals surface area (Å²) in [6.07, 6.45) is 0. The van der Waals surface area contributed by atoms with Gasteiger partial charge >= 0.3 is 0 Å². The lowest BCUT2D eigenvalue weighted by Crippen LogP contribution is -1.91. The molecule has 0 atom stereocenters. The largest absolute Gasteiger partial charge is 0.382 e. The fourth-order valence-corrected chi connectivity index (χ4v) is 1.67. The Hall–Kier alpha value is -1.51. The lowest BCUT2D eigenvalue weighted by atomic mass is 10.0. The molecule has 0 fully saturated rings. The van der Waals surface area contributed by atoms with Gasteiger partial charge in [0, 0.05) is 12.4 Å². The molecule has 14 heavy (non-hydrogen) atoms. The van der Waals surface area contributed by atoms with Crippen molar-refractivity contribution in [2.24, 2.45) is 7.05 Å². The van der Waals surface area contributed by atoms with Gasteiger partial charge in [-0.15, -0.1) is 0 Å². The lowest BCUT2D eigenvalue weighted by molar-refractivity contribution is 0.801. The van der Waals surface area contributed by atoms with Crippen molar-refractivity contribution in [3.63, 3.8) is 0 Å². The maximum atomic E-state index is 5.81. The van der Waals surface area contributed by atoms with Crippen LogP contribution in [0.1, 0.15) is 25.3 Å². The van der Waals surface area contributed by atoms with Gasteiger partial charge in [-0.2, -0.15) is 5.10 Å². The maximum Gasteiger partial charge on any atom is 0.153 e. The molecule has 2 aromatic rings. The predicted molar refractivity (Wildman–Crippen MR) is 59.2 cm³/mol. The van der Waals surface area contributed by atoms with Gasteiger partial charge < -0.3 is 5.73 Å². The number of nitrogens with two attached hydrogens (primary N) is 1. The van der Waals surface area contributed by atoms with Gasteiger partial charge in [-0.3, -0.25) is 4.68 Å². The third-order valence-electron chi connectivity index (χ3n) is 2.57. The van der Waals surface area contributed by atoms with Crippen molar-refractivity contribution in [2.75, 3.05) is 5.73 Å². The van der Waals surface area contributed by atoms with Crippen molar-refractivity contribution < 1.29 is 0 Å². The van der Waals surface area contributed by atoms with Crippen LogP contribution in [-0.4, -0.2) is 9.78 Å². The summed E-state index contributed by atoms with van der Waals surface area (Å²) >= 11 is 0.